The molecule has 2 heterocycles. The highest BCUT2D eigenvalue weighted by Gasteiger charge is 2.34. The molecule has 0 aliphatic rings. The second kappa shape index (κ2) is 4.26. The van der Waals surface area contributed by atoms with Gasteiger partial charge in [0.05, 0.1) is 11.1 Å². The molecule has 0 aliphatic carbocycles. The zero-order valence-corrected chi connectivity index (χ0v) is 10.1. The molecular weight excluding hydrogens is 269 g/mol. The molecule has 0 atom stereocenters. The number of nitrogens with zero attached hydrogens (tertiary/aromatic N) is 1. The van der Waals surface area contributed by atoms with Gasteiger partial charge in [-0.05, 0) is 24.3 Å². The molecule has 0 spiro atoms. The number of fused-ring (bicyclic) bond motifs is 1. The van der Waals surface area contributed by atoms with E-state index in [1.54, 1.807) is 18.2 Å². The van der Waals surface area contributed by atoms with E-state index in [1.807, 2.05) is 0 Å². The van der Waals surface area contributed by atoms with Gasteiger partial charge < -0.3 is 10.2 Å². The third-order valence-electron chi connectivity index (χ3n) is 2.92. The van der Waals surface area contributed by atoms with E-state index in [0.29, 0.717) is 16.7 Å². The lowest BCUT2D eigenvalue weighted by atomic mass is 10.0. The normalized spacial score (nSPS) is 11.9. The molecule has 0 saturated heterocycles. The maximum absolute atomic E-state index is 13.1. The van der Waals surface area contributed by atoms with Gasteiger partial charge in [-0.1, -0.05) is 6.07 Å². The van der Waals surface area contributed by atoms with Gasteiger partial charge in [0.1, 0.15) is 5.76 Å². The van der Waals surface area contributed by atoms with Crippen LogP contribution in [0.2, 0.25) is 0 Å². The molecule has 102 valence electrons. The predicted molar refractivity (Wildman–Crippen MR) is 68.9 cm³/mol. The van der Waals surface area contributed by atoms with Gasteiger partial charge in [-0.2, -0.15) is 13.2 Å². The lowest BCUT2D eigenvalue weighted by Gasteiger charge is -2.11. The average molecular weight is 278 g/mol. The van der Waals surface area contributed by atoms with Crippen molar-refractivity contribution in [2.24, 2.45) is 0 Å². The van der Waals surface area contributed by atoms with Gasteiger partial charge in [0, 0.05) is 23.2 Å². The van der Waals surface area contributed by atoms with Crippen LogP contribution in [-0.4, -0.2) is 4.98 Å². The maximum Gasteiger partial charge on any atom is 0.418 e. The van der Waals surface area contributed by atoms with E-state index in [4.69, 9.17) is 10.2 Å². The fourth-order valence-corrected chi connectivity index (χ4v) is 2.06. The molecule has 6 heteroatoms. The molecule has 3 rings (SSSR count). The zero-order chi connectivity index (χ0) is 14.3. The second-order valence-electron chi connectivity index (χ2n) is 4.30. The van der Waals surface area contributed by atoms with Crippen molar-refractivity contribution in [1.82, 2.24) is 4.98 Å². The topological polar surface area (TPSA) is 52.0 Å². The highest BCUT2D eigenvalue weighted by atomic mass is 19.4. The van der Waals surface area contributed by atoms with Crippen LogP contribution in [0.5, 0.6) is 0 Å². The largest absolute Gasteiger partial charge is 0.441 e. The first-order valence-corrected chi connectivity index (χ1v) is 5.77. The first-order chi connectivity index (χ1) is 9.45. The van der Waals surface area contributed by atoms with Crippen molar-refractivity contribution in [2.75, 3.05) is 5.73 Å². The Labute approximate surface area is 111 Å². The molecule has 2 N–H and O–H groups in total. The number of aromatic nitrogens is 1. The summed E-state index contributed by atoms with van der Waals surface area (Å²) in [5.74, 6) is 0.443. The molecule has 3 aromatic rings. The van der Waals surface area contributed by atoms with Crippen molar-refractivity contribution in [2.45, 2.75) is 6.18 Å². The molecular formula is C14H9F3N2O. The molecule has 1 aromatic carbocycles. The van der Waals surface area contributed by atoms with E-state index in [0.717, 1.165) is 6.07 Å². The minimum atomic E-state index is -4.49. The first-order valence-electron chi connectivity index (χ1n) is 5.77. The van der Waals surface area contributed by atoms with E-state index in [1.165, 1.54) is 18.3 Å². The monoisotopic (exact) mass is 278 g/mol. The summed E-state index contributed by atoms with van der Waals surface area (Å²) in [6, 6.07) is 8.81. The number of nitrogens with two attached hydrogens (primary N) is 1. The van der Waals surface area contributed by atoms with E-state index in [-0.39, 0.29) is 11.4 Å². The Kier molecular flexibility index (Phi) is 2.67. The number of rotatable bonds is 1. The summed E-state index contributed by atoms with van der Waals surface area (Å²) >= 11 is 0. The summed E-state index contributed by atoms with van der Waals surface area (Å²) in [4.78, 5) is 3.81. The van der Waals surface area contributed by atoms with Crippen molar-refractivity contribution in [1.29, 1.82) is 0 Å². The zero-order valence-electron chi connectivity index (χ0n) is 10.1. The Bertz CT molecular complexity index is 777. The SMILES string of the molecule is Nc1ccc(-c2cc(C(F)(F)F)c3ncccc3c2)o1. The van der Waals surface area contributed by atoms with Gasteiger partial charge in [0.15, 0.2) is 5.88 Å². The van der Waals surface area contributed by atoms with Crippen molar-refractivity contribution < 1.29 is 17.6 Å². The molecule has 3 nitrogen and oxygen atoms in total. The average Bonchev–Trinajstić information content (AvgIpc) is 2.83. The van der Waals surface area contributed by atoms with Crippen LogP contribution in [0.15, 0.2) is 47.0 Å². The standard InChI is InChI=1S/C14H9F3N2O/c15-14(16,17)10-7-9(11-3-4-12(18)20-11)6-8-2-1-5-19-13(8)10/h1-7H,18H2. The number of hydrogen-bond acceptors (Lipinski definition) is 3. The summed E-state index contributed by atoms with van der Waals surface area (Å²) in [5, 5.41) is 0.396. The van der Waals surface area contributed by atoms with Crippen LogP contribution in [-0.2, 0) is 6.18 Å². The summed E-state index contributed by atoms with van der Waals surface area (Å²) in [7, 11) is 0. The van der Waals surface area contributed by atoms with Crippen LogP contribution in [0.1, 0.15) is 5.56 Å². The van der Waals surface area contributed by atoms with E-state index in [9.17, 15) is 13.2 Å². The number of pyridine rings is 1. The third-order valence-corrected chi connectivity index (χ3v) is 2.92. The molecule has 0 saturated carbocycles. The fraction of sp³-hybridized carbons (Fsp3) is 0.0714. The number of alkyl halides is 3. The number of halogens is 3. The van der Waals surface area contributed by atoms with Crippen LogP contribution in [0.25, 0.3) is 22.2 Å². The Morgan fingerprint density at radius 2 is 1.90 bits per heavy atom. The summed E-state index contributed by atoms with van der Waals surface area (Å²) in [6.07, 6.45) is -3.15. The first kappa shape index (κ1) is 12.5. The van der Waals surface area contributed by atoms with Crippen molar-refractivity contribution in [3.8, 4) is 11.3 Å². The van der Waals surface area contributed by atoms with E-state index in [2.05, 4.69) is 4.98 Å². The van der Waals surface area contributed by atoms with E-state index < -0.39 is 11.7 Å². The number of benzene rings is 1. The molecule has 0 unspecified atom stereocenters. The fourth-order valence-electron chi connectivity index (χ4n) is 2.06. The number of anilines is 1. The van der Waals surface area contributed by atoms with Crippen LogP contribution < -0.4 is 5.73 Å². The lowest BCUT2D eigenvalue weighted by Crippen LogP contribution is -2.07. The highest BCUT2D eigenvalue weighted by Crippen LogP contribution is 2.37. The summed E-state index contributed by atoms with van der Waals surface area (Å²) < 4.78 is 44.5. The van der Waals surface area contributed by atoms with Gasteiger partial charge in [-0.3, -0.25) is 4.98 Å². The minimum absolute atomic E-state index is 0.0803. The van der Waals surface area contributed by atoms with E-state index >= 15 is 0 Å². The number of furan rings is 1. The van der Waals surface area contributed by atoms with Crippen molar-refractivity contribution >= 4 is 16.8 Å². The van der Waals surface area contributed by atoms with Crippen molar-refractivity contribution in [3.05, 3.63) is 48.2 Å². The Morgan fingerprint density at radius 3 is 2.55 bits per heavy atom. The van der Waals surface area contributed by atoms with Gasteiger partial charge in [0.2, 0.25) is 0 Å². The van der Waals surface area contributed by atoms with Crippen LogP contribution in [0, 0.1) is 0 Å². The maximum atomic E-state index is 13.1. The molecule has 0 aliphatic heterocycles. The van der Waals surface area contributed by atoms with Gasteiger partial charge >= 0.3 is 6.18 Å². The number of hydrogen-bond donors (Lipinski definition) is 1. The van der Waals surface area contributed by atoms with Crippen LogP contribution in [0.3, 0.4) is 0 Å². The Hall–Kier alpha value is -2.50. The molecule has 0 fully saturated rings. The molecule has 0 bridgehead atoms. The highest BCUT2D eigenvalue weighted by molar-refractivity contribution is 5.87. The van der Waals surface area contributed by atoms with Crippen LogP contribution in [0.4, 0.5) is 19.1 Å². The van der Waals surface area contributed by atoms with Crippen LogP contribution >= 0.6 is 0 Å². The lowest BCUT2D eigenvalue weighted by molar-refractivity contribution is -0.136. The van der Waals surface area contributed by atoms with Gasteiger partial charge in [-0.25, -0.2) is 0 Å². The minimum Gasteiger partial charge on any atom is -0.441 e. The quantitative estimate of drug-likeness (QED) is 0.729. The second-order valence-corrected chi connectivity index (χ2v) is 4.30. The summed E-state index contributed by atoms with van der Waals surface area (Å²) in [6.45, 7) is 0. The molecule has 20 heavy (non-hydrogen) atoms. The predicted octanol–water partition coefficient (Wildman–Crippen LogP) is 4.10. The number of nitrogen functional groups attached to an aromatic ring is 1. The molecule has 2 aromatic heterocycles. The molecule has 0 amide bonds. The summed E-state index contributed by atoms with van der Waals surface area (Å²) in [5.41, 5.74) is 4.89. The third kappa shape index (κ3) is 2.09. The smallest absolute Gasteiger partial charge is 0.418 e. The van der Waals surface area contributed by atoms with Crippen molar-refractivity contribution in [3.63, 3.8) is 0 Å². The Morgan fingerprint density at radius 1 is 1.10 bits per heavy atom. The van der Waals surface area contributed by atoms with Gasteiger partial charge in [0.25, 0.3) is 0 Å². The molecule has 0 radical (unpaired) electrons. The Balaban J connectivity index is 2.30. The van der Waals surface area contributed by atoms with Gasteiger partial charge in [-0.15, -0.1) is 0 Å².